The Balaban J connectivity index is 1.50. The zero-order valence-corrected chi connectivity index (χ0v) is 20.3. The smallest absolute Gasteiger partial charge is 0.0974 e. The molecule has 36 heavy (non-hydrogen) atoms. The average molecular weight is 461 g/mol. The summed E-state index contributed by atoms with van der Waals surface area (Å²) < 4.78 is 0. The lowest BCUT2D eigenvalue weighted by atomic mass is 9.94. The van der Waals surface area contributed by atoms with Crippen molar-refractivity contribution in [1.29, 1.82) is 0 Å². The number of fused-ring (bicyclic) bond motifs is 5. The van der Waals surface area contributed by atoms with Crippen molar-refractivity contribution in [2.75, 3.05) is 0 Å². The molecule has 2 nitrogen and oxygen atoms in total. The van der Waals surface area contributed by atoms with Gasteiger partial charge in [-0.2, -0.15) is 0 Å². The molecule has 5 aromatic carbocycles. The van der Waals surface area contributed by atoms with Crippen LogP contribution in [0.4, 0.5) is 0 Å². The zero-order valence-electron chi connectivity index (χ0n) is 20.3. The van der Waals surface area contributed by atoms with Gasteiger partial charge in [-0.1, -0.05) is 84.9 Å². The largest absolute Gasteiger partial charge is 0.251 e. The summed E-state index contributed by atoms with van der Waals surface area (Å²) in [7, 11) is 0. The quantitative estimate of drug-likeness (QED) is 0.241. The Morgan fingerprint density at radius 1 is 0.417 bits per heavy atom. The topological polar surface area (TPSA) is 25.8 Å². The van der Waals surface area contributed by atoms with E-state index in [0.717, 1.165) is 33.2 Å². The molecule has 0 fully saturated rings. The molecule has 7 rings (SSSR count). The molecule has 170 valence electrons. The van der Waals surface area contributed by atoms with E-state index in [1.54, 1.807) is 0 Å². The number of aromatic nitrogens is 2. The van der Waals surface area contributed by atoms with Crippen molar-refractivity contribution in [3.05, 3.63) is 121 Å². The van der Waals surface area contributed by atoms with Crippen molar-refractivity contribution in [1.82, 2.24) is 9.97 Å². The van der Waals surface area contributed by atoms with E-state index in [4.69, 9.17) is 9.97 Å². The summed E-state index contributed by atoms with van der Waals surface area (Å²) in [6.45, 7) is 4.14. The second-order valence-electron chi connectivity index (χ2n) is 9.60. The van der Waals surface area contributed by atoms with Crippen LogP contribution >= 0.6 is 0 Å². The summed E-state index contributed by atoms with van der Waals surface area (Å²) in [5.41, 5.74) is 8.70. The summed E-state index contributed by atoms with van der Waals surface area (Å²) in [4.78, 5) is 10.0. The molecule has 0 aliphatic carbocycles. The Kier molecular flexibility index (Phi) is 4.62. The van der Waals surface area contributed by atoms with Gasteiger partial charge in [-0.25, -0.2) is 0 Å². The lowest BCUT2D eigenvalue weighted by Gasteiger charge is -2.14. The minimum Gasteiger partial charge on any atom is -0.251 e. The first-order chi connectivity index (χ1) is 17.6. The fourth-order valence-electron chi connectivity index (χ4n) is 5.42. The van der Waals surface area contributed by atoms with Gasteiger partial charge in [0, 0.05) is 22.2 Å². The molecular formula is C34H24N2. The van der Waals surface area contributed by atoms with E-state index in [1.807, 2.05) is 0 Å². The first-order valence-electron chi connectivity index (χ1n) is 12.3. The van der Waals surface area contributed by atoms with Crippen LogP contribution in [0.1, 0.15) is 11.4 Å². The number of rotatable bonds is 2. The van der Waals surface area contributed by atoms with Gasteiger partial charge in [-0.3, -0.25) is 9.97 Å². The molecule has 0 saturated heterocycles. The Morgan fingerprint density at radius 3 is 1.28 bits per heavy atom. The van der Waals surface area contributed by atoms with Gasteiger partial charge in [0.1, 0.15) is 0 Å². The van der Waals surface area contributed by atoms with E-state index >= 15 is 0 Å². The van der Waals surface area contributed by atoms with Crippen molar-refractivity contribution in [3.63, 3.8) is 0 Å². The molecule has 2 aromatic heterocycles. The van der Waals surface area contributed by atoms with E-state index < -0.39 is 0 Å². The lowest BCUT2D eigenvalue weighted by Crippen LogP contribution is -1.95. The van der Waals surface area contributed by atoms with E-state index in [2.05, 4.69) is 123 Å². The normalized spacial score (nSPS) is 11.6. The molecule has 0 aliphatic heterocycles. The molecular weight excluding hydrogens is 436 g/mol. The van der Waals surface area contributed by atoms with E-state index in [-0.39, 0.29) is 0 Å². The van der Waals surface area contributed by atoms with Crippen LogP contribution in [0.3, 0.4) is 0 Å². The molecule has 2 heteroatoms. The van der Waals surface area contributed by atoms with Gasteiger partial charge in [-0.05, 0) is 81.9 Å². The van der Waals surface area contributed by atoms with Gasteiger partial charge in [0.25, 0.3) is 0 Å². The minimum atomic E-state index is 0.960. The maximum Gasteiger partial charge on any atom is 0.0974 e. The molecule has 0 bridgehead atoms. The second-order valence-corrected chi connectivity index (χ2v) is 9.60. The summed E-state index contributed by atoms with van der Waals surface area (Å²) in [5.74, 6) is 0. The molecule has 0 amide bonds. The molecule has 0 aliphatic rings. The summed E-state index contributed by atoms with van der Waals surface area (Å²) in [5, 5.41) is 7.24. The fourth-order valence-corrected chi connectivity index (χ4v) is 5.42. The Hall–Kier alpha value is -4.56. The van der Waals surface area contributed by atoms with Crippen LogP contribution in [-0.4, -0.2) is 9.97 Å². The predicted molar refractivity (Wildman–Crippen MR) is 152 cm³/mol. The first-order valence-corrected chi connectivity index (χ1v) is 12.3. The monoisotopic (exact) mass is 460 g/mol. The summed E-state index contributed by atoms with van der Waals surface area (Å²) in [6.07, 6.45) is 0. The molecule has 0 N–H and O–H groups in total. The van der Waals surface area contributed by atoms with Crippen LogP contribution in [0.15, 0.2) is 109 Å². The van der Waals surface area contributed by atoms with Crippen molar-refractivity contribution in [2.24, 2.45) is 0 Å². The SMILES string of the molecule is Cc1cc(-c2ccc3ccccc3c2)c2ccc3c(-c4ccc5ccccc5c4)cc(C)nc3c2n1. The zero-order chi connectivity index (χ0) is 24.2. The number of nitrogens with zero attached hydrogens (tertiary/aromatic N) is 2. The maximum atomic E-state index is 5.02. The van der Waals surface area contributed by atoms with Gasteiger partial charge >= 0.3 is 0 Å². The lowest BCUT2D eigenvalue weighted by molar-refractivity contribution is 1.23. The van der Waals surface area contributed by atoms with Crippen LogP contribution in [0.25, 0.3) is 65.6 Å². The van der Waals surface area contributed by atoms with E-state index in [9.17, 15) is 0 Å². The highest BCUT2D eigenvalue weighted by Crippen LogP contribution is 2.37. The number of benzene rings is 5. The van der Waals surface area contributed by atoms with Crippen molar-refractivity contribution < 1.29 is 0 Å². The average Bonchev–Trinajstić information content (AvgIpc) is 2.91. The third-order valence-electron chi connectivity index (χ3n) is 7.14. The molecule has 7 aromatic rings. The number of hydrogen-bond donors (Lipinski definition) is 0. The number of pyridine rings is 2. The minimum absolute atomic E-state index is 0.960. The van der Waals surface area contributed by atoms with Crippen LogP contribution in [0, 0.1) is 13.8 Å². The highest BCUT2D eigenvalue weighted by Gasteiger charge is 2.15. The molecule has 0 atom stereocenters. The maximum absolute atomic E-state index is 5.02. The van der Waals surface area contributed by atoms with Crippen molar-refractivity contribution in [2.45, 2.75) is 13.8 Å². The predicted octanol–water partition coefficient (Wildman–Crippen LogP) is 9.04. The highest BCUT2D eigenvalue weighted by atomic mass is 14.8. The van der Waals surface area contributed by atoms with E-state index in [1.165, 1.54) is 43.8 Å². The van der Waals surface area contributed by atoms with E-state index in [0.29, 0.717) is 0 Å². The molecule has 0 spiro atoms. The third-order valence-corrected chi connectivity index (χ3v) is 7.14. The Bertz CT molecular complexity index is 1820. The number of aryl methyl sites for hydroxylation is 2. The van der Waals surface area contributed by atoms with Gasteiger partial charge in [0.15, 0.2) is 0 Å². The van der Waals surface area contributed by atoms with Crippen LogP contribution in [0.5, 0.6) is 0 Å². The fraction of sp³-hybridized carbons (Fsp3) is 0.0588. The van der Waals surface area contributed by atoms with Crippen LogP contribution < -0.4 is 0 Å². The first kappa shape index (κ1) is 20.8. The molecule has 0 unspecified atom stereocenters. The van der Waals surface area contributed by atoms with Crippen molar-refractivity contribution >= 4 is 43.4 Å². The van der Waals surface area contributed by atoms with Gasteiger partial charge < -0.3 is 0 Å². The molecule has 0 radical (unpaired) electrons. The van der Waals surface area contributed by atoms with Crippen LogP contribution in [-0.2, 0) is 0 Å². The summed E-state index contributed by atoms with van der Waals surface area (Å²) >= 11 is 0. The third kappa shape index (κ3) is 3.34. The highest BCUT2D eigenvalue weighted by molar-refractivity contribution is 6.12. The molecule has 2 heterocycles. The van der Waals surface area contributed by atoms with Gasteiger partial charge in [-0.15, -0.1) is 0 Å². The van der Waals surface area contributed by atoms with Gasteiger partial charge in [0.05, 0.1) is 11.0 Å². The van der Waals surface area contributed by atoms with Gasteiger partial charge in [0.2, 0.25) is 0 Å². The molecule has 0 saturated carbocycles. The standard InChI is InChI=1S/C34H24N2/c1-21-17-31(27-13-11-23-7-3-5-9-25(23)19-27)29-15-16-30-32(18-22(2)36-34(30)33(29)35-21)28-14-12-24-8-4-6-10-26(24)20-28/h3-20H,1-2H3. The Labute approximate surface area is 209 Å². The second kappa shape index (κ2) is 8.00. The van der Waals surface area contributed by atoms with Crippen molar-refractivity contribution in [3.8, 4) is 22.3 Å². The summed E-state index contributed by atoms with van der Waals surface area (Å²) in [6, 6.07) is 39.2. The Morgan fingerprint density at radius 2 is 0.833 bits per heavy atom. The van der Waals surface area contributed by atoms with Crippen LogP contribution in [0.2, 0.25) is 0 Å². The number of hydrogen-bond acceptors (Lipinski definition) is 2.